The molecule has 0 saturated carbocycles. The number of carbonyl (C=O) groups is 1. The molecule has 1 aromatic heterocycles. The first-order valence-corrected chi connectivity index (χ1v) is 15.6. The molecule has 1 heterocycles. The lowest BCUT2D eigenvalue weighted by Crippen LogP contribution is -2.34. The third-order valence-corrected chi connectivity index (χ3v) is 7.32. The Labute approximate surface area is 243 Å². The number of hydrogen-bond donors (Lipinski definition) is 1. The smallest absolute Gasteiger partial charge is 0.228 e. The Morgan fingerprint density at radius 3 is 1.95 bits per heavy atom. The molecule has 3 aromatic rings. The van der Waals surface area contributed by atoms with Crippen molar-refractivity contribution in [3.63, 3.8) is 0 Å². The third-order valence-electron chi connectivity index (χ3n) is 7.32. The maximum atomic E-state index is 12.7. The number of anilines is 1. The van der Waals surface area contributed by atoms with Crippen LogP contribution in [0.4, 0.5) is 5.69 Å². The molecule has 40 heavy (non-hydrogen) atoms. The van der Waals surface area contributed by atoms with Crippen LogP contribution in [-0.4, -0.2) is 12.5 Å². The van der Waals surface area contributed by atoms with Gasteiger partial charge in [0.25, 0.3) is 0 Å². The zero-order chi connectivity index (χ0) is 28.4. The van der Waals surface area contributed by atoms with Crippen LogP contribution in [0.2, 0.25) is 0 Å². The van der Waals surface area contributed by atoms with Gasteiger partial charge in [-0.25, -0.2) is 4.57 Å². The van der Waals surface area contributed by atoms with Gasteiger partial charge in [-0.05, 0) is 56.2 Å². The summed E-state index contributed by atoms with van der Waals surface area (Å²) in [5.41, 5.74) is 5.45. The molecule has 0 spiro atoms. The van der Waals surface area contributed by atoms with Crippen LogP contribution in [0.5, 0.6) is 5.75 Å². The summed E-state index contributed by atoms with van der Waals surface area (Å²) in [5.74, 6) is 0.866. The van der Waals surface area contributed by atoms with Crippen LogP contribution in [0, 0.1) is 13.8 Å². The molecule has 0 unspecified atom stereocenters. The standard InChI is InChI=1S/C36H50N2O2/c1-4-5-6-7-8-9-10-11-12-13-14-15-23-40-35-21-19-32(20-22-35)26-36(39)37-34-18-16-17-33(25-34)29-38-27-30(2)24-31(3)28-38/h16-22,24-25,27-28H,4-15,23,26,29H2,1-3H3/p+1. The van der Waals surface area contributed by atoms with Crippen molar-refractivity contribution in [1.82, 2.24) is 0 Å². The van der Waals surface area contributed by atoms with Gasteiger partial charge in [0.05, 0.1) is 13.0 Å². The number of carbonyl (C=O) groups excluding carboxylic acids is 1. The Kier molecular flexibility index (Phi) is 14.3. The summed E-state index contributed by atoms with van der Waals surface area (Å²) < 4.78 is 8.12. The van der Waals surface area contributed by atoms with Gasteiger partial charge in [0, 0.05) is 22.4 Å². The van der Waals surface area contributed by atoms with Crippen molar-refractivity contribution in [3.05, 3.63) is 89.2 Å². The monoisotopic (exact) mass is 543 g/mol. The number of ether oxygens (including phenoxy) is 1. The predicted molar refractivity (Wildman–Crippen MR) is 167 cm³/mol. The Hall–Kier alpha value is -3.14. The number of nitrogens with zero attached hydrogens (tertiary/aromatic N) is 1. The maximum absolute atomic E-state index is 12.7. The van der Waals surface area contributed by atoms with E-state index < -0.39 is 0 Å². The molecule has 3 rings (SSSR count). The number of hydrogen-bond acceptors (Lipinski definition) is 2. The van der Waals surface area contributed by atoms with Crippen molar-refractivity contribution in [2.24, 2.45) is 0 Å². The molecule has 0 fully saturated rings. The highest BCUT2D eigenvalue weighted by Crippen LogP contribution is 2.16. The molecule has 4 heteroatoms. The van der Waals surface area contributed by atoms with E-state index in [0.29, 0.717) is 6.42 Å². The molecular weight excluding hydrogens is 492 g/mol. The first-order valence-electron chi connectivity index (χ1n) is 15.6. The number of aryl methyl sites for hydroxylation is 2. The van der Waals surface area contributed by atoms with Crippen LogP contribution in [0.3, 0.4) is 0 Å². The summed E-state index contributed by atoms with van der Waals surface area (Å²) in [4.78, 5) is 12.7. The molecule has 1 N–H and O–H groups in total. The number of unbranched alkanes of at least 4 members (excludes halogenated alkanes) is 11. The SMILES string of the molecule is CCCCCCCCCCCCCCOc1ccc(CC(=O)Nc2cccc(C[n+]3cc(C)cc(C)c3)c2)cc1. The van der Waals surface area contributed by atoms with E-state index in [4.69, 9.17) is 4.74 Å². The quantitative estimate of drug-likeness (QED) is 0.121. The normalized spacial score (nSPS) is 11.0. The van der Waals surface area contributed by atoms with Crippen LogP contribution in [0.25, 0.3) is 0 Å². The number of benzene rings is 2. The molecule has 216 valence electrons. The molecule has 4 nitrogen and oxygen atoms in total. The van der Waals surface area contributed by atoms with Crippen LogP contribution >= 0.6 is 0 Å². The van der Waals surface area contributed by atoms with E-state index in [9.17, 15) is 4.79 Å². The van der Waals surface area contributed by atoms with Crippen molar-refractivity contribution in [1.29, 1.82) is 0 Å². The lowest BCUT2D eigenvalue weighted by molar-refractivity contribution is -0.689. The Balaban J connectivity index is 1.29. The minimum Gasteiger partial charge on any atom is -0.494 e. The van der Waals surface area contributed by atoms with E-state index in [1.165, 1.54) is 81.8 Å². The number of aromatic nitrogens is 1. The molecule has 0 radical (unpaired) electrons. The molecule has 0 atom stereocenters. The molecule has 2 aromatic carbocycles. The van der Waals surface area contributed by atoms with Gasteiger partial charge in [-0.2, -0.15) is 0 Å². The summed E-state index contributed by atoms with van der Waals surface area (Å²) in [6.45, 7) is 8.03. The Bertz CT molecular complexity index is 1120. The Morgan fingerprint density at radius 1 is 0.725 bits per heavy atom. The van der Waals surface area contributed by atoms with E-state index in [1.807, 2.05) is 36.4 Å². The lowest BCUT2D eigenvalue weighted by Gasteiger charge is -2.09. The average Bonchev–Trinajstić information content (AvgIpc) is 2.92. The third kappa shape index (κ3) is 12.8. The van der Waals surface area contributed by atoms with Crippen LogP contribution in [0.15, 0.2) is 67.0 Å². The number of nitrogens with one attached hydrogen (secondary N) is 1. The van der Waals surface area contributed by atoms with Crippen molar-refractivity contribution in [2.75, 3.05) is 11.9 Å². The van der Waals surface area contributed by atoms with E-state index in [0.717, 1.165) is 42.1 Å². The van der Waals surface area contributed by atoms with Crippen molar-refractivity contribution in [3.8, 4) is 5.75 Å². The van der Waals surface area contributed by atoms with Crippen LogP contribution in [-0.2, 0) is 17.8 Å². The van der Waals surface area contributed by atoms with Gasteiger partial charge < -0.3 is 10.1 Å². The minimum absolute atomic E-state index is 0.0126. The molecule has 0 saturated heterocycles. The molecule has 0 aliphatic rings. The second-order valence-electron chi connectivity index (χ2n) is 11.4. The van der Waals surface area contributed by atoms with E-state index >= 15 is 0 Å². The summed E-state index contributed by atoms with van der Waals surface area (Å²) in [6.07, 6.45) is 20.8. The van der Waals surface area contributed by atoms with Crippen LogP contribution < -0.4 is 14.6 Å². The predicted octanol–water partition coefficient (Wildman–Crippen LogP) is 8.90. The first kappa shape index (κ1) is 31.4. The van der Waals surface area contributed by atoms with Crippen molar-refractivity contribution < 1.29 is 14.1 Å². The fourth-order valence-corrected chi connectivity index (χ4v) is 5.27. The molecule has 0 aliphatic heterocycles. The fourth-order valence-electron chi connectivity index (χ4n) is 5.27. The minimum atomic E-state index is -0.0126. The van der Waals surface area contributed by atoms with Gasteiger partial charge in [0.15, 0.2) is 18.9 Å². The molecule has 0 bridgehead atoms. The largest absolute Gasteiger partial charge is 0.494 e. The topological polar surface area (TPSA) is 42.2 Å². The van der Waals surface area contributed by atoms with Crippen molar-refractivity contribution in [2.45, 2.75) is 111 Å². The van der Waals surface area contributed by atoms with Gasteiger partial charge in [-0.3, -0.25) is 4.79 Å². The molecule has 0 aliphatic carbocycles. The number of rotatable bonds is 19. The summed E-state index contributed by atoms with van der Waals surface area (Å²) in [7, 11) is 0. The van der Waals surface area contributed by atoms with E-state index in [2.05, 4.69) is 61.2 Å². The van der Waals surface area contributed by atoms with Gasteiger partial charge in [0.1, 0.15) is 5.75 Å². The molecule has 1 amide bonds. The highest BCUT2D eigenvalue weighted by Gasteiger charge is 2.09. The summed E-state index contributed by atoms with van der Waals surface area (Å²) in [6, 6.07) is 18.2. The lowest BCUT2D eigenvalue weighted by atomic mass is 10.1. The summed E-state index contributed by atoms with van der Waals surface area (Å²) in [5, 5.41) is 3.05. The highest BCUT2D eigenvalue weighted by atomic mass is 16.5. The molecular formula is C36H51N2O2+. The second-order valence-corrected chi connectivity index (χ2v) is 11.4. The van der Waals surface area contributed by atoms with Gasteiger partial charge >= 0.3 is 0 Å². The summed E-state index contributed by atoms with van der Waals surface area (Å²) >= 11 is 0. The Morgan fingerprint density at radius 2 is 1.32 bits per heavy atom. The number of amides is 1. The highest BCUT2D eigenvalue weighted by molar-refractivity contribution is 5.92. The van der Waals surface area contributed by atoms with E-state index in [-0.39, 0.29) is 5.91 Å². The first-order chi connectivity index (χ1) is 19.5. The van der Waals surface area contributed by atoms with Gasteiger partial charge in [0.2, 0.25) is 5.91 Å². The number of pyridine rings is 1. The average molecular weight is 544 g/mol. The van der Waals surface area contributed by atoms with Crippen molar-refractivity contribution >= 4 is 11.6 Å². The maximum Gasteiger partial charge on any atom is 0.228 e. The second kappa shape index (κ2) is 18.3. The zero-order valence-corrected chi connectivity index (χ0v) is 25.2. The van der Waals surface area contributed by atoms with Gasteiger partial charge in [-0.1, -0.05) is 102 Å². The van der Waals surface area contributed by atoms with Gasteiger partial charge in [-0.15, -0.1) is 0 Å². The van der Waals surface area contributed by atoms with Crippen LogP contribution in [0.1, 0.15) is 106 Å². The van der Waals surface area contributed by atoms with E-state index in [1.54, 1.807) is 0 Å². The zero-order valence-electron chi connectivity index (χ0n) is 25.2. The fraction of sp³-hybridized carbons (Fsp3) is 0.500.